The molecule has 1 N–H and O–H groups in total. The molecule has 0 unspecified atom stereocenters. The van der Waals surface area contributed by atoms with E-state index in [0.717, 1.165) is 22.9 Å². The number of nitrogens with one attached hydrogen (secondary N) is 1. The first-order valence-electron chi connectivity index (χ1n) is 8.31. The molecule has 0 aliphatic heterocycles. The van der Waals surface area contributed by atoms with E-state index in [0.29, 0.717) is 29.0 Å². The van der Waals surface area contributed by atoms with Crippen molar-refractivity contribution < 1.29 is 18.8 Å². The van der Waals surface area contributed by atoms with Crippen molar-refractivity contribution >= 4 is 22.7 Å². The Morgan fingerprint density at radius 1 is 1.24 bits per heavy atom. The summed E-state index contributed by atoms with van der Waals surface area (Å²) in [5.74, 6) is -0.438. The number of carbonyl (C=O) groups is 2. The second-order valence-electron chi connectivity index (χ2n) is 5.81. The van der Waals surface area contributed by atoms with Gasteiger partial charge in [0.15, 0.2) is 6.61 Å². The van der Waals surface area contributed by atoms with Crippen LogP contribution in [-0.4, -0.2) is 28.5 Å². The van der Waals surface area contributed by atoms with Crippen molar-refractivity contribution in [3.63, 3.8) is 0 Å². The number of aryl methyl sites for hydroxylation is 3. The molecule has 0 atom stereocenters. The number of ether oxygens (including phenoxy) is 1. The second kappa shape index (κ2) is 6.93. The lowest BCUT2D eigenvalue weighted by atomic mass is 10.1. The molecule has 6 heteroatoms. The molecule has 0 bridgehead atoms. The van der Waals surface area contributed by atoms with Gasteiger partial charge in [0.1, 0.15) is 11.3 Å². The summed E-state index contributed by atoms with van der Waals surface area (Å²) in [6.45, 7) is 5.26. The Morgan fingerprint density at radius 2 is 2.04 bits per heavy atom. The van der Waals surface area contributed by atoms with Crippen LogP contribution < -0.4 is 0 Å². The summed E-state index contributed by atoms with van der Waals surface area (Å²) in [6.07, 6.45) is 3.09. The number of esters is 1. The molecule has 0 aliphatic rings. The molecule has 130 valence electrons. The average Bonchev–Trinajstić information content (AvgIpc) is 3.22. The lowest BCUT2D eigenvalue weighted by Crippen LogP contribution is -2.15. The third-order valence-corrected chi connectivity index (χ3v) is 4.29. The zero-order valence-corrected chi connectivity index (χ0v) is 14.5. The summed E-state index contributed by atoms with van der Waals surface area (Å²) in [7, 11) is 0. The zero-order chi connectivity index (χ0) is 18.0. The first kappa shape index (κ1) is 17.0. The first-order chi connectivity index (χ1) is 12.1. The number of hydrogen-bond acceptors (Lipinski definition) is 5. The first-order valence-corrected chi connectivity index (χ1v) is 8.31. The van der Waals surface area contributed by atoms with E-state index in [1.54, 1.807) is 13.1 Å². The van der Waals surface area contributed by atoms with E-state index < -0.39 is 5.97 Å². The maximum Gasteiger partial charge on any atom is 0.344 e. The summed E-state index contributed by atoms with van der Waals surface area (Å²) in [5.41, 5.74) is 3.46. The SMILES string of the molecule is CCc1noc(C)c1C(=O)OCC(=O)c1c[nH]c2c(CC)cccc12. The molecule has 3 rings (SSSR count). The third-order valence-electron chi connectivity index (χ3n) is 4.29. The maximum absolute atomic E-state index is 12.5. The van der Waals surface area contributed by atoms with E-state index >= 15 is 0 Å². The van der Waals surface area contributed by atoms with E-state index in [2.05, 4.69) is 17.1 Å². The normalized spacial score (nSPS) is 11.0. The van der Waals surface area contributed by atoms with Crippen molar-refractivity contribution in [2.24, 2.45) is 0 Å². The minimum absolute atomic E-state index is 0.250. The van der Waals surface area contributed by atoms with Crippen LogP contribution in [0.15, 0.2) is 28.9 Å². The molecule has 0 radical (unpaired) electrons. The van der Waals surface area contributed by atoms with Crippen LogP contribution in [0.1, 0.15) is 51.6 Å². The number of carbonyl (C=O) groups excluding carboxylic acids is 2. The van der Waals surface area contributed by atoms with Crippen molar-refractivity contribution in [3.05, 3.63) is 52.5 Å². The van der Waals surface area contributed by atoms with Crippen LogP contribution in [0.4, 0.5) is 0 Å². The third kappa shape index (κ3) is 3.07. The quantitative estimate of drug-likeness (QED) is 0.547. The molecule has 0 saturated heterocycles. The fraction of sp³-hybridized carbons (Fsp3) is 0.316. The van der Waals surface area contributed by atoms with E-state index in [-0.39, 0.29) is 12.4 Å². The summed E-state index contributed by atoms with van der Waals surface area (Å²) >= 11 is 0. The van der Waals surface area contributed by atoms with Crippen LogP contribution in [0.3, 0.4) is 0 Å². The number of rotatable bonds is 6. The molecule has 25 heavy (non-hydrogen) atoms. The molecule has 0 amide bonds. The predicted octanol–water partition coefficient (Wildman–Crippen LogP) is 3.63. The van der Waals surface area contributed by atoms with Gasteiger partial charge in [-0.05, 0) is 25.3 Å². The summed E-state index contributed by atoms with van der Waals surface area (Å²) in [5, 5.41) is 4.67. The smallest absolute Gasteiger partial charge is 0.344 e. The Hall–Kier alpha value is -2.89. The molecule has 2 aromatic heterocycles. The van der Waals surface area contributed by atoms with Crippen molar-refractivity contribution in [1.82, 2.24) is 10.1 Å². The number of Topliss-reactive ketones (excluding diaryl/α,β-unsaturated/α-hetero) is 1. The number of fused-ring (bicyclic) bond motifs is 1. The van der Waals surface area contributed by atoms with Gasteiger partial charge in [-0.3, -0.25) is 4.79 Å². The summed E-state index contributed by atoms with van der Waals surface area (Å²) in [6, 6.07) is 5.83. The average molecular weight is 340 g/mol. The molecular formula is C19H20N2O4. The fourth-order valence-electron chi connectivity index (χ4n) is 2.94. The number of para-hydroxylation sites is 1. The lowest BCUT2D eigenvalue weighted by Gasteiger charge is -2.04. The van der Waals surface area contributed by atoms with Gasteiger partial charge in [0.05, 0.1) is 5.69 Å². The number of aromatic nitrogens is 2. The molecular weight excluding hydrogens is 320 g/mol. The van der Waals surface area contributed by atoms with Crippen molar-refractivity contribution in [2.45, 2.75) is 33.6 Å². The number of hydrogen-bond donors (Lipinski definition) is 1. The second-order valence-corrected chi connectivity index (χ2v) is 5.81. The van der Waals surface area contributed by atoms with Crippen LogP contribution in [0.5, 0.6) is 0 Å². The van der Waals surface area contributed by atoms with Gasteiger partial charge in [0, 0.05) is 22.7 Å². The highest BCUT2D eigenvalue weighted by Crippen LogP contribution is 2.23. The van der Waals surface area contributed by atoms with Crippen molar-refractivity contribution in [2.75, 3.05) is 6.61 Å². The topological polar surface area (TPSA) is 85.2 Å². The van der Waals surface area contributed by atoms with Crippen LogP contribution >= 0.6 is 0 Å². The Labute approximate surface area is 145 Å². The van der Waals surface area contributed by atoms with Gasteiger partial charge in [0.2, 0.25) is 5.78 Å². The Morgan fingerprint density at radius 3 is 2.76 bits per heavy atom. The van der Waals surface area contributed by atoms with Gasteiger partial charge in [0.25, 0.3) is 0 Å². The maximum atomic E-state index is 12.5. The predicted molar refractivity (Wildman–Crippen MR) is 92.9 cm³/mol. The number of nitrogens with zero attached hydrogens (tertiary/aromatic N) is 1. The van der Waals surface area contributed by atoms with E-state index in [4.69, 9.17) is 9.26 Å². The van der Waals surface area contributed by atoms with Crippen LogP contribution in [0.25, 0.3) is 10.9 Å². The van der Waals surface area contributed by atoms with Crippen molar-refractivity contribution in [3.8, 4) is 0 Å². The minimum Gasteiger partial charge on any atom is -0.454 e. The van der Waals surface area contributed by atoms with Gasteiger partial charge in [-0.2, -0.15) is 0 Å². The minimum atomic E-state index is -0.585. The van der Waals surface area contributed by atoms with Crippen LogP contribution in [0.2, 0.25) is 0 Å². The Kier molecular flexibility index (Phi) is 4.70. The Balaban J connectivity index is 1.77. The zero-order valence-electron chi connectivity index (χ0n) is 14.5. The van der Waals surface area contributed by atoms with Crippen LogP contribution in [-0.2, 0) is 17.6 Å². The molecule has 6 nitrogen and oxygen atoms in total. The van der Waals surface area contributed by atoms with E-state index in [1.807, 2.05) is 25.1 Å². The van der Waals surface area contributed by atoms with Gasteiger partial charge in [-0.15, -0.1) is 0 Å². The number of aromatic amines is 1. The highest BCUT2D eigenvalue weighted by atomic mass is 16.5. The monoisotopic (exact) mass is 340 g/mol. The highest BCUT2D eigenvalue weighted by molar-refractivity contribution is 6.09. The molecule has 2 heterocycles. The number of H-pyrrole nitrogens is 1. The Bertz CT molecular complexity index is 936. The fourth-order valence-corrected chi connectivity index (χ4v) is 2.94. The summed E-state index contributed by atoms with van der Waals surface area (Å²) in [4.78, 5) is 27.9. The highest BCUT2D eigenvalue weighted by Gasteiger charge is 2.22. The molecule has 0 fully saturated rings. The van der Waals surface area contributed by atoms with Gasteiger partial charge in [-0.1, -0.05) is 37.2 Å². The van der Waals surface area contributed by atoms with Gasteiger partial charge < -0.3 is 14.2 Å². The van der Waals surface area contributed by atoms with Gasteiger partial charge >= 0.3 is 5.97 Å². The van der Waals surface area contributed by atoms with Crippen LogP contribution in [0, 0.1) is 6.92 Å². The molecule has 0 spiro atoms. The number of ketones is 1. The number of benzene rings is 1. The molecule has 3 aromatic rings. The van der Waals surface area contributed by atoms with E-state index in [1.165, 1.54) is 0 Å². The summed E-state index contributed by atoms with van der Waals surface area (Å²) < 4.78 is 10.2. The van der Waals surface area contributed by atoms with E-state index in [9.17, 15) is 9.59 Å². The van der Waals surface area contributed by atoms with Gasteiger partial charge in [-0.25, -0.2) is 4.79 Å². The van der Waals surface area contributed by atoms with Crippen molar-refractivity contribution in [1.29, 1.82) is 0 Å². The molecule has 1 aromatic carbocycles. The molecule has 0 aliphatic carbocycles. The largest absolute Gasteiger partial charge is 0.454 e. The standard InChI is InChI=1S/C19H20N2O4/c1-4-12-7-6-8-13-14(9-20-18(12)13)16(22)10-24-19(23)17-11(3)25-21-15(17)5-2/h6-9,20H,4-5,10H2,1-3H3. The molecule has 0 saturated carbocycles. The lowest BCUT2D eigenvalue weighted by molar-refractivity contribution is 0.0472.